The van der Waals surface area contributed by atoms with Crippen LogP contribution in [-0.2, 0) is 21.7 Å². The van der Waals surface area contributed by atoms with Crippen molar-refractivity contribution in [3.8, 4) is 0 Å². The Labute approximate surface area is 137 Å². The predicted octanol–water partition coefficient (Wildman–Crippen LogP) is 0.203. The van der Waals surface area contributed by atoms with Crippen molar-refractivity contribution in [2.75, 3.05) is 31.6 Å². The van der Waals surface area contributed by atoms with E-state index in [0.29, 0.717) is 13.0 Å². The van der Waals surface area contributed by atoms with Crippen LogP contribution in [0, 0.1) is 0 Å². The largest absolute Gasteiger partial charge is 0.341 e. The molecule has 0 spiro atoms. The summed E-state index contributed by atoms with van der Waals surface area (Å²) < 4.78 is 25.0. The molecule has 0 bridgehead atoms. The number of rotatable bonds is 4. The van der Waals surface area contributed by atoms with Crippen molar-refractivity contribution in [1.82, 2.24) is 19.6 Å². The maximum Gasteiger partial charge on any atom is 0.236 e. The molecule has 2 fully saturated rings. The second-order valence-electron chi connectivity index (χ2n) is 6.64. The molecule has 2 saturated heterocycles. The number of nitrogens with zero attached hydrogens (tertiary/aromatic N) is 4. The SMILES string of the molecule is CN(C(=O)CN1CCCC1c1cnn(C)c1)C1CCS(=O)(=O)C1. The van der Waals surface area contributed by atoms with E-state index in [9.17, 15) is 13.2 Å². The minimum absolute atomic E-state index is 0.00268. The topological polar surface area (TPSA) is 75.5 Å². The molecular formula is C15H24N4O3S. The molecule has 1 amide bonds. The smallest absolute Gasteiger partial charge is 0.236 e. The first kappa shape index (κ1) is 16.4. The molecule has 0 aliphatic carbocycles. The summed E-state index contributed by atoms with van der Waals surface area (Å²) in [6.45, 7) is 1.23. The van der Waals surface area contributed by atoms with Crippen molar-refractivity contribution >= 4 is 15.7 Å². The molecule has 2 aliphatic rings. The average Bonchev–Trinajstić information content (AvgIpc) is 3.18. The molecule has 0 radical (unpaired) electrons. The van der Waals surface area contributed by atoms with Crippen LogP contribution in [0.3, 0.4) is 0 Å². The molecule has 8 heteroatoms. The van der Waals surface area contributed by atoms with E-state index in [1.54, 1.807) is 16.6 Å². The van der Waals surface area contributed by atoms with E-state index in [-0.39, 0.29) is 29.5 Å². The molecule has 0 saturated carbocycles. The highest BCUT2D eigenvalue weighted by molar-refractivity contribution is 7.91. The standard InChI is InChI=1S/C15H24N4O3S/c1-17-9-12(8-16-17)14-4-3-6-19(14)10-15(20)18(2)13-5-7-23(21,22)11-13/h8-9,13-14H,3-7,10-11H2,1-2H3. The highest BCUT2D eigenvalue weighted by atomic mass is 32.2. The van der Waals surface area contributed by atoms with Gasteiger partial charge in [0.25, 0.3) is 0 Å². The second-order valence-corrected chi connectivity index (χ2v) is 8.87. The molecule has 0 aromatic carbocycles. The third-order valence-corrected chi connectivity index (χ3v) is 6.71. The Morgan fingerprint density at radius 2 is 2.22 bits per heavy atom. The lowest BCUT2D eigenvalue weighted by Gasteiger charge is -2.28. The molecule has 2 atom stereocenters. The number of likely N-dealkylation sites (tertiary alicyclic amines) is 1. The summed E-state index contributed by atoms with van der Waals surface area (Å²) in [6.07, 6.45) is 6.51. The third kappa shape index (κ3) is 3.58. The molecule has 0 N–H and O–H groups in total. The monoisotopic (exact) mass is 340 g/mol. The minimum atomic E-state index is -2.97. The van der Waals surface area contributed by atoms with E-state index in [1.165, 1.54) is 0 Å². The summed E-state index contributed by atoms with van der Waals surface area (Å²) in [5.41, 5.74) is 1.14. The second kappa shape index (κ2) is 6.24. The van der Waals surface area contributed by atoms with Gasteiger partial charge < -0.3 is 4.90 Å². The van der Waals surface area contributed by atoms with Crippen molar-refractivity contribution in [3.05, 3.63) is 18.0 Å². The number of hydrogen-bond acceptors (Lipinski definition) is 5. The number of hydrogen-bond donors (Lipinski definition) is 0. The average molecular weight is 340 g/mol. The van der Waals surface area contributed by atoms with Gasteiger partial charge in [0.2, 0.25) is 5.91 Å². The van der Waals surface area contributed by atoms with Gasteiger partial charge in [-0.15, -0.1) is 0 Å². The summed E-state index contributed by atoms with van der Waals surface area (Å²) in [7, 11) is 0.646. The Bertz CT molecular complexity index is 685. The number of carbonyl (C=O) groups is 1. The first-order valence-corrected chi connectivity index (χ1v) is 9.86. The molecule has 3 rings (SSSR count). The van der Waals surface area contributed by atoms with Gasteiger partial charge in [-0.3, -0.25) is 14.4 Å². The maximum absolute atomic E-state index is 12.5. The van der Waals surface area contributed by atoms with Gasteiger partial charge in [-0.1, -0.05) is 0 Å². The van der Waals surface area contributed by atoms with Gasteiger partial charge in [-0.05, 0) is 25.8 Å². The highest BCUT2D eigenvalue weighted by Gasteiger charge is 2.35. The summed E-state index contributed by atoms with van der Waals surface area (Å²) in [6, 6.07) is 0.0558. The van der Waals surface area contributed by atoms with Crippen LogP contribution >= 0.6 is 0 Å². The van der Waals surface area contributed by atoms with Gasteiger partial charge in [-0.25, -0.2) is 8.42 Å². The summed E-state index contributed by atoms with van der Waals surface area (Å²) in [5.74, 6) is 0.293. The Morgan fingerprint density at radius 1 is 1.43 bits per heavy atom. The van der Waals surface area contributed by atoms with Gasteiger partial charge in [-0.2, -0.15) is 5.10 Å². The molecule has 128 valence electrons. The van der Waals surface area contributed by atoms with Gasteiger partial charge in [0.1, 0.15) is 0 Å². The number of likely N-dealkylation sites (N-methyl/N-ethyl adjacent to an activating group) is 1. The molecule has 2 aliphatic heterocycles. The van der Waals surface area contributed by atoms with E-state index < -0.39 is 9.84 Å². The fourth-order valence-electron chi connectivity index (χ4n) is 3.57. The number of carbonyl (C=O) groups excluding carboxylic acids is 1. The van der Waals surface area contributed by atoms with Crippen LogP contribution in [0.15, 0.2) is 12.4 Å². The van der Waals surface area contributed by atoms with Crippen LogP contribution in [0.25, 0.3) is 0 Å². The van der Waals surface area contributed by atoms with Crippen LogP contribution in [0.1, 0.15) is 30.9 Å². The van der Waals surface area contributed by atoms with Crippen molar-refractivity contribution < 1.29 is 13.2 Å². The van der Waals surface area contributed by atoms with Gasteiger partial charge >= 0.3 is 0 Å². The van der Waals surface area contributed by atoms with Gasteiger partial charge in [0, 0.05) is 37.9 Å². The Morgan fingerprint density at radius 3 is 2.83 bits per heavy atom. The Kier molecular flexibility index (Phi) is 4.46. The van der Waals surface area contributed by atoms with Gasteiger partial charge in [0.05, 0.1) is 24.2 Å². The first-order chi connectivity index (χ1) is 10.9. The maximum atomic E-state index is 12.5. The molecule has 23 heavy (non-hydrogen) atoms. The van der Waals surface area contributed by atoms with Crippen LogP contribution in [0.4, 0.5) is 0 Å². The fraction of sp³-hybridized carbons (Fsp3) is 0.733. The number of aryl methyl sites for hydroxylation is 1. The van der Waals surface area contributed by atoms with Crippen LogP contribution < -0.4 is 0 Å². The molecule has 1 aromatic rings. The molecule has 7 nitrogen and oxygen atoms in total. The summed E-state index contributed by atoms with van der Waals surface area (Å²) in [5, 5.41) is 4.22. The Hall–Kier alpha value is -1.41. The Balaban J connectivity index is 1.62. The molecule has 3 heterocycles. The lowest BCUT2D eigenvalue weighted by atomic mass is 10.1. The fourth-order valence-corrected chi connectivity index (χ4v) is 5.35. The van der Waals surface area contributed by atoms with E-state index in [1.807, 2.05) is 19.4 Å². The van der Waals surface area contributed by atoms with Crippen molar-refractivity contribution in [2.45, 2.75) is 31.3 Å². The van der Waals surface area contributed by atoms with E-state index in [2.05, 4.69) is 10.00 Å². The van der Waals surface area contributed by atoms with Crippen LogP contribution in [0.2, 0.25) is 0 Å². The van der Waals surface area contributed by atoms with E-state index in [0.717, 1.165) is 24.9 Å². The zero-order valence-electron chi connectivity index (χ0n) is 13.7. The third-order valence-electron chi connectivity index (χ3n) is 4.96. The summed E-state index contributed by atoms with van der Waals surface area (Å²) in [4.78, 5) is 16.4. The predicted molar refractivity (Wildman–Crippen MR) is 86.6 cm³/mol. The summed E-state index contributed by atoms with van der Waals surface area (Å²) >= 11 is 0. The lowest BCUT2D eigenvalue weighted by molar-refractivity contribution is -0.133. The van der Waals surface area contributed by atoms with Crippen LogP contribution in [-0.4, -0.2) is 71.6 Å². The normalized spacial score (nSPS) is 27.4. The molecule has 1 aromatic heterocycles. The zero-order valence-corrected chi connectivity index (χ0v) is 14.5. The van der Waals surface area contributed by atoms with Crippen molar-refractivity contribution in [1.29, 1.82) is 0 Å². The van der Waals surface area contributed by atoms with Crippen molar-refractivity contribution in [2.24, 2.45) is 7.05 Å². The first-order valence-electron chi connectivity index (χ1n) is 8.04. The molecular weight excluding hydrogens is 316 g/mol. The quantitative estimate of drug-likeness (QED) is 0.783. The van der Waals surface area contributed by atoms with E-state index in [4.69, 9.17) is 0 Å². The van der Waals surface area contributed by atoms with Crippen LogP contribution in [0.5, 0.6) is 0 Å². The van der Waals surface area contributed by atoms with Gasteiger partial charge in [0.15, 0.2) is 9.84 Å². The highest BCUT2D eigenvalue weighted by Crippen LogP contribution is 2.31. The minimum Gasteiger partial charge on any atom is -0.341 e. The number of aromatic nitrogens is 2. The lowest BCUT2D eigenvalue weighted by Crippen LogP contribution is -2.43. The van der Waals surface area contributed by atoms with E-state index >= 15 is 0 Å². The number of amides is 1. The van der Waals surface area contributed by atoms with Crippen molar-refractivity contribution in [3.63, 3.8) is 0 Å². The zero-order chi connectivity index (χ0) is 16.6. The number of sulfone groups is 1. The molecule has 2 unspecified atom stereocenters.